The molecule has 0 radical (unpaired) electrons. The van der Waals surface area contributed by atoms with Gasteiger partial charge in [0.25, 0.3) is 5.91 Å². The lowest BCUT2D eigenvalue weighted by Crippen LogP contribution is -2.29. The molecule has 0 bridgehead atoms. The van der Waals surface area contributed by atoms with E-state index in [1.54, 1.807) is 48.6 Å². The molecule has 0 spiro atoms. The Morgan fingerprint density at radius 3 is 2.74 bits per heavy atom. The predicted octanol–water partition coefficient (Wildman–Crippen LogP) is 4.83. The van der Waals surface area contributed by atoms with E-state index in [4.69, 9.17) is 11.6 Å². The SMILES string of the molecule is C=CCN1C(=O)/C(=C/c2cccc(Cl)c2)SC1=Nc1ccccc1C(=O)O. The Bertz CT molecular complexity index is 985. The first-order valence-corrected chi connectivity index (χ1v) is 9.18. The van der Waals surface area contributed by atoms with E-state index in [1.807, 2.05) is 6.07 Å². The van der Waals surface area contributed by atoms with Crippen LogP contribution in [0.4, 0.5) is 5.69 Å². The van der Waals surface area contributed by atoms with Gasteiger partial charge < -0.3 is 5.11 Å². The van der Waals surface area contributed by atoms with Gasteiger partial charge in [0.2, 0.25) is 0 Å². The van der Waals surface area contributed by atoms with Gasteiger partial charge in [-0.15, -0.1) is 6.58 Å². The van der Waals surface area contributed by atoms with E-state index < -0.39 is 5.97 Å². The van der Waals surface area contributed by atoms with Gasteiger partial charge >= 0.3 is 5.97 Å². The maximum Gasteiger partial charge on any atom is 0.337 e. The molecule has 5 nitrogen and oxygen atoms in total. The fraction of sp³-hybridized carbons (Fsp3) is 0.0500. The van der Waals surface area contributed by atoms with Gasteiger partial charge in [-0.1, -0.05) is 41.9 Å². The van der Waals surface area contributed by atoms with Crippen LogP contribution in [0.25, 0.3) is 6.08 Å². The molecule has 3 rings (SSSR count). The number of aliphatic imine (C=N–C) groups is 1. The maximum atomic E-state index is 12.8. The molecule has 2 aromatic carbocycles. The van der Waals surface area contributed by atoms with Gasteiger partial charge in [0.1, 0.15) is 0 Å². The van der Waals surface area contributed by atoms with E-state index >= 15 is 0 Å². The topological polar surface area (TPSA) is 70.0 Å². The van der Waals surface area contributed by atoms with Gasteiger partial charge in [0, 0.05) is 11.6 Å². The van der Waals surface area contributed by atoms with Crippen molar-refractivity contribution in [3.05, 3.63) is 82.2 Å². The van der Waals surface area contributed by atoms with Crippen LogP contribution in [0.1, 0.15) is 15.9 Å². The molecule has 1 aliphatic rings. The van der Waals surface area contributed by atoms with Gasteiger partial charge in [-0.25, -0.2) is 9.79 Å². The summed E-state index contributed by atoms with van der Waals surface area (Å²) in [6.07, 6.45) is 3.33. The highest BCUT2D eigenvalue weighted by molar-refractivity contribution is 8.18. The normalized spacial score (nSPS) is 16.9. The Balaban J connectivity index is 2.01. The fourth-order valence-electron chi connectivity index (χ4n) is 2.48. The Morgan fingerprint density at radius 2 is 2.04 bits per heavy atom. The largest absolute Gasteiger partial charge is 0.478 e. The van der Waals surface area contributed by atoms with Crippen molar-refractivity contribution in [3.8, 4) is 0 Å². The number of halogens is 1. The van der Waals surface area contributed by atoms with Gasteiger partial charge in [-0.05, 0) is 47.7 Å². The maximum absolute atomic E-state index is 12.8. The minimum Gasteiger partial charge on any atom is -0.478 e. The van der Waals surface area contributed by atoms with Gasteiger partial charge in [0.05, 0.1) is 16.2 Å². The summed E-state index contributed by atoms with van der Waals surface area (Å²) in [7, 11) is 0. The minimum absolute atomic E-state index is 0.0730. The zero-order chi connectivity index (χ0) is 19.4. The first kappa shape index (κ1) is 18.9. The quantitative estimate of drug-likeness (QED) is 0.578. The monoisotopic (exact) mass is 398 g/mol. The van der Waals surface area contributed by atoms with Crippen molar-refractivity contribution in [2.75, 3.05) is 6.54 Å². The summed E-state index contributed by atoms with van der Waals surface area (Å²) in [4.78, 5) is 30.5. The van der Waals surface area contributed by atoms with E-state index in [0.717, 1.165) is 5.56 Å². The molecule has 1 N–H and O–H groups in total. The highest BCUT2D eigenvalue weighted by Crippen LogP contribution is 2.35. The summed E-state index contributed by atoms with van der Waals surface area (Å²) in [5.41, 5.74) is 1.16. The number of nitrogens with zero attached hydrogens (tertiary/aromatic N) is 2. The van der Waals surface area contributed by atoms with E-state index in [1.165, 1.54) is 22.7 Å². The molecule has 0 unspecified atom stereocenters. The van der Waals surface area contributed by atoms with Crippen molar-refractivity contribution in [1.29, 1.82) is 0 Å². The smallest absolute Gasteiger partial charge is 0.337 e. The van der Waals surface area contributed by atoms with Crippen molar-refractivity contribution in [3.63, 3.8) is 0 Å². The molecule has 27 heavy (non-hydrogen) atoms. The second-order valence-corrected chi connectivity index (χ2v) is 7.03. The van der Waals surface area contributed by atoms with Crippen LogP contribution >= 0.6 is 23.4 Å². The molecule has 1 saturated heterocycles. The molecule has 0 aliphatic carbocycles. The van der Waals surface area contributed by atoms with Crippen LogP contribution in [0.2, 0.25) is 5.02 Å². The standard InChI is InChI=1S/C20H15ClN2O3S/c1-2-10-23-18(24)17(12-13-6-5-7-14(21)11-13)27-20(23)22-16-9-4-3-8-15(16)19(25)26/h2-9,11-12H,1,10H2,(H,25,26)/b17-12-,22-20?. The molecule has 2 aromatic rings. The van der Waals surface area contributed by atoms with Crippen molar-refractivity contribution >= 4 is 52.2 Å². The lowest BCUT2D eigenvalue weighted by atomic mass is 10.2. The third kappa shape index (κ3) is 4.30. The number of carboxylic acid groups (broad SMARTS) is 1. The first-order chi connectivity index (χ1) is 13.0. The van der Waals surface area contributed by atoms with E-state index in [2.05, 4.69) is 11.6 Å². The Kier molecular flexibility index (Phi) is 5.78. The number of hydrogen-bond donors (Lipinski definition) is 1. The highest BCUT2D eigenvalue weighted by atomic mass is 35.5. The predicted molar refractivity (Wildman–Crippen MR) is 109 cm³/mol. The molecule has 1 amide bonds. The average Bonchev–Trinajstić information content (AvgIpc) is 2.91. The van der Waals surface area contributed by atoms with Gasteiger partial charge in [-0.2, -0.15) is 0 Å². The molecule has 1 fully saturated rings. The third-order valence-corrected chi connectivity index (χ3v) is 4.94. The minimum atomic E-state index is -1.07. The third-order valence-electron chi connectivity index (χ3n) is 3.70. The number of amidine groups is 1. The van der Waals surface area contributed by atoms with Crippen molar-refractivity contribution in [2.24, 2.45) is 4.99 Å². The molecular weight excluding hydrogens is 384 g/mol. The molecule has 0 aromatic heterocycles. The van der Waals surface area contributed by atoms with E-state index in [-0.39, 0.29) is 18.0 Å². The van der Waals surface area contributed by atoms with Crippen LogP contribution in [0.5, 0.6) is 0 Å². The van der Waals surface area contributed by atoms with Crippen LogP contribution in [0.15, 0.2) is 71.1 Å². The van der Waals surface area contributed by atoms with E-state index in [0.29, 0.717) is 20.8 Å². The van der Waals surface area contributed by atoms with Crippen molar-refractivity contribution in [2.45, 2.75) is 0 Å². The van der Waals surface area contributed by atoms with Crippen molar-refractivity contribution in [1.82, 2.24) is 4.90 Å². The van der Waals surface area contributed by atoms with Gasteiger partial charge in [0.15, 0.2) is 5.17 Å². The zero-order valence-corrected chi connectivity index (χ0v) is 15.7. The molecule has 1 heterocycles. The van der Waals surface area contributed by atoms with Crippen LogP contribution in [0.3, 0.4) is 0 Å². The number of thioether (sulfide) groups is 1. The van der Waals surface area contributed by atoms with Crippen LogP contribution in [-0.4, -0.2) is 33.6 Å². The summed E-state index contributed by atoms with van der Waals surface area (Å²) in [5.74, 6) is -1.29. The van der Waals surface area contributed by atoms with Crippen LogP contribution in [0, 0.1) is 0 Å². The van der Waals surface area contributed by atoms with Gasteiger partial charge in [-0.3, -0.25) is 9.69 Å². The Morgan fingerprint density at radius 1 is 1.26 bits per heavy atom. The fourth-order valence-corrected chi connectivity index (χ4v) is 3.68. The molecule has 136 valence electrons. The number of rotatable bonds is 5. The number of carboxylic acids is 1. The van der Waals surface area contributed by atoms with E-state index in [9.17, 15) is 14.7 Å². The molecule has 7 heteroatoms. The van der Waals surface area contributed by atoms with Crippen LogP contribution < -0.4 is 0 Å². The lowest BCUT2D eigenvalue weighted by molar-refractivity contribution is -0.121. The summed E-state index contributed by atoms with van der Waals surface area (Å²) >= 11 is 7.19. The Hall–Kier alpha value is -2.83. The second-order valence-electron chi connectivity index (χ2n) is 5.59. The average molecular weight is 399 g/mol. The number of carbonyl (C=O) groups is 2. The Labute approximate surface area is 165 Å². The number of benzene rings is 2. The van der Waals surface area contributed by atoms with Crippen LogP contribution in [-0.2, 0) is 4.79 Å². The molecule has 0 saturated carbocycles. The number of aromatic carboxylic acids is 1. The summed E-state index contributed by atoms with van der Waals surface area (Å²) in [6.45, 7) is 3.95. The summed E-state index contributed by atoms with van der Waals surface area (Å²) < 4.78 is 0. The molecule has 0 atom stereocenters. The second kappa shape index (κ2) is 8.24. The molecular formula is C20H15ClN2O3S. The number of amides is 1. The number of hydrogen-bond acceptors (Lipinski definition) is 4. The summed E-state index contributed by atoms with van der Waals surface area (Å²) in [6, 6.07) is 13.6. The highest BCUT2D eigenvalue weighted by Gasteiger charge is 2.32. The van der Waals surface area contributed by atoms with Crippen molar-refractivity contribution < 1.29 is 14.7 Å². The molecule has 1 aliphatic heterocycles. The lowest BCUT2D eigenvalue weighted by Gasteiger charge is -2.13. The number of para-hydroxylation sites is 1. The first-order valence-electron chi connectivity index (χ1n) is 7.98. The number of carbonyl (C=O) groups excluding carboxylic acids is 1. The zero-order valence-electron chi connectivity index (χ0n) is 14.1. The summed E-state index contributed by atoms with van der Waals surface area (Å²) in [5, 5.41) is 10.3.